The van der Waals surface area contributed by atoms with Crippen LogP contribution in [-0.4, -0.2) is 22.8 Å². The Balaban J connectivity index is -0.0000000933. The van der Waals surface area contributed by atoms with Gasteiger partial charge in [-0.3, -0.25) is 0 Å². The number of aliphatic carboxylic acids is 1. The maximum atomic E-state index is 9.12. The van der Waals surface area contributed by atoms with Crippen LogP contribution in [0.2, 0.25) is 0 Å². The van der Waals surface area contributed by atoms with Gasteiger partial charge in [0, 0.05) is 0 Å². The van der Waals surface area contributed by atoms with Crippen molar-refractivity contribution in [3.8, 4) is 0 Å². The molecule has 0 spiro atoms. The van der Waals surface area contributed by atoms with E-state index in [0.717, 1.165) is 0 Å². The van der Waals surface area contributed by atoms with Crippen LogP contribution in [0.25, 0.3) is 0 Å². The second kappa shape index (κ2) is 23.1. The fraction of sp³-hybridized carbons (Fsp3) is 0.375. The second-order valence-corrected chi connectivity index (χ2v) is 1.37. The van der Waals surface area contributed by atoms with Crippen LogP contribution in [0.4, 0.5) is 0 Å². The lowest BCUT2D eigenvalue weighted by atomic mass is 10.8. The Morgan fingerprint density at radius 2 is 1.45 bits per heavy atom. The molecule has 0 unspecified atom stereocenters. The Morgan fingerprint density at radius 3 is 1.45 bits per heavy atom. The van der Waals surface area contributed by atoms with Gasteiger partial charge in [-0.05, 0) is 13.8 Å². The van der Waals surface area contributed by atoms with Crippen molar-refractivity contribution in [3.63, 3.8) is 0 Å². The van der Waals surface area contributed by atoms with E-state index in [4.69, 9.17) is 15.0 Å². The molecule has 0 atom stereocenters. The molecule has 0 aliphatic carbocycles. The number of allylic oxidation sites excluding steroid dienone is 2. The van der Waals surface area contributed by atoms with E-state index in [1.54, 1.807) is 12.2 Å². The maximum Gasteiger partial charge on any atom is 0.329 e. The monoisotopic (exact) mass is 160 g/mol. The number of carboxylic acid groups (broad SMARTS) is 1. The highest BCUT2D eigenvalue weighted by Gasteiger charge is 1.82. The van der Waals surface area contributed by atoms with Gasteiger partial charge in [0.15, 0.2) is 0 Å². The molecule has 0 amide bonds. The Labute approximate surface area is 67.7 Å². The second-order valence-electron chi connectivity index (χ2n) is 1.37. The molecule has 0 saturated heterocycles. The summed E-state index contributed by atoms with van der Waals surface area (Å²) in [5.74, 6) is -1.19. The van der Waals surface area contributed by atoms with Crippen molar-refractivity contribution in [2.45, 2.75) is 13.8 Å². The lowest BCUT2D eigenvalue weighted by Gasteiger charge is -1.72. The zero-order chi connectivity index (χ0) is 9.70. The highest BCUT2D eigenvalue weighted by Crippen LogP contribution is 1.48. The first-order valence-corrected chi connectivity index (χ1v) is 3.07. The topological polar surface area (TPSA) is 57.5 Å². The van der Waals surface area contributed by atoms with E-state index >= 15 is 0 Å². The number of aliphatic hydroxyl groups is 1. The van der Waals surface area contributed by atoms with Crippen LogP contribution >= 0.6 is 0 Å². The summed E-state index contributed by atoms with van der Waals surface area (Å²) >= 11 is 0. The molecule has 0 bridgehead atoms. The summed E-state index contributed by atoms with van der Waals surface area (Å²) in [5.41, 5.74) is 0. The summed E-state index contributed by atoms with van der Waals surface area (Å²) in [6.07, 6.45) is 3.50. The minimum absolute atomic E-state index is 0.778. The Bertz CT molecular complexity index is 91.5. The van der Waals surface area contributed by atoms with E-state index in [0.29, 0.717) is 0 Å². The fourth-order valence-electron chi connectivity index (χ4n) is 0. The molecule has 0 aromatic rings. The minimum Gasteiger partial charge on any atom is -0.480 e. The zero-order valence-electron chi connectivity index (χ0n) is 7.08. The number of hydrogen-bond acceptors (Lipinski definition) is 2. The van der Waals surface area contributed by atoms with Gasteiger partial charge in [0.1, 0.15) is 6.61 Å². The molecule has 0 heterocycles. The summed E-state index contributed by atoms with van der Waals surface area (Å²) in [7, 11) is 0. The van der Waals surface area contributed by atoms with E-state index in [9.17, 15) is 0 Å². The first-order valence-electron chi connectivity index (χ1n) is 3.07. The number of hydrogen-bond donors (Lipinski definition) is 2. The van der Waals surface area contributed by atoms with Gasteiger partial charge in [-0.25, -0.2) is 4.79 Å². The van der Waals surface area contributed by atoms with Crippen molar-refractivity contribution >= 4 is 5.97 Å². The molecule has 11 heavy (non-hydrogen) atoms. The average Bonchev–Trinajstić information content (AvgIpc) is 1.91. The molecule has 0 aromatic carbocycles. The Kier molecular flexibility index (Phi) is 34.6. The van der Waals surface area contributed by atoms with Crippen molar-refractivity contribution in [1.82, 2.24) is 0 Å². The van der Waals surface area contributed by atoms with Gasteiger partial charge in [0.05, 0.1) is 0 Å². The third-order valence-electron chi connectivity index (χ3n) is 0.135. The van der Waals surface area contributed by atoms with E-state index in [-0.39, 0.29) is 0 Å². The molecule has 3 heteroatoms. The summed E-state index contributed by atoms with van der Waals surface area (Å²) in [4.78, 5) is 9.12. The predicted molar refractivity (Wildman–Crippen MR) is 46.5 cm³/mol. The van der Waals surface area contributed by atoms with Crippen LogP contribution in [0.5, 0.6) is 0 Å². The molecular formula is C8H16O3. The lowest BCUT2D eigenvalue weighted by Crippen LogP contribution is -1.98. The van der Waals surface area contributed by atoms with Gasteiger partial charge >= 0.3 is 5.97 Å². The van der Waals surface area contributed by atoms with Gasteiger partial charge in [0.2, 0.25) is 0 Å². The largest absolute Gasteiger partial charge is 0.480 e. The molecule has 0 radical (unpaired) electrons. The molecule has 0 aliphatic rings. The third kappa shape index (κ3) is 514. The Hall–Kier alpha value is -1.09. The molecule has 0 saturated carbocycles. The van der Waals surface area contributed by atoms with E-state index in [2.05, 4.69) is 13.2 Å². The molecular weight excluding hydrogens is 144 g/mol. The molecule has 0 fully saturated rings. The smallest absolute Gasteiger partial charge is 0.329 e. The first kappa shape index (κ1) is 16.5. The molecule has 0 rings (SSSR count). The maximum absolute atomic E-state index is 9.12. The summed E-state index contributed by atoms with van der Waals surface area (Å²) < 4.78 is 0. The van der Waals surface area contributed by atoms with Crippen LogP contribution in [0.3, 0.4) is 0 Å². The average molecular weight is 160 g/mol. The standard InChI is InChI=1S/2C3H6.C2H4O3/c2*1-3-2;3-1-2(4)5/h2*3H,1H2,2H3;3H,1H2,(H,4,5). The van der Waals surface area contributed by atoms with Crippen LogP contribution in [0.1, 0.15) is 13.8 Å². The van der Waals surface area contributed by atoms with Crippen LogP contribution < -0.4 is 0 Å². The van der Waals surface area contributed by atoms with Crippen LogP contribution in [0.15, 0.2) is 25.3 Å². The quantitative estimate of drug-likeness (QED) is 0.571. The normalized spacial score (nSPS) is 5.73. The Morgan fingerprint density at radius 1 is 1.36 bits per heavy atom. The molecule has 0 aromatic heterocycles. The molecule has 0 aliphatic heterocycles. The number of aliphatic hydroxyl groups excluding tert-OH is 1. The highest BCUT2D eigenvalue weighted by molar-refractivity contribution is 5.67. The van der Waals surface area contributed by atoms with E-state index < -0.39 is 12.6 Å². The molecule has 2 N–H and O–H groups in total. The number of rotatable bonds is 1. The highest BCUT2D eigenvalue weighted by atomic mass is 16.4. The molecule has 3 nitrogen and oxygen atoms in total. The van der Waals surface area contributed by atoms with E-state index in [1.165, 1.54) is 0 Å². The van der Waals surface area contributed by atoms with Gasteiger partial charge in [0.25, 0.3) is 0 Å². The SMILES string of the molecule is C=CC.C=CC.O=C(O)CO. The van der Waals surface area contributed by atoms with Gasteiger partial charge in [-0.1, -0.05) is 12.2 Å². The molecule has 66 valence electrons. The van der Waals surface area contributed by atoms with Crippen molar-refractivity contribution < 1.29 is 15.0 Å². The van der Waals surface area contributed by atoms with Crippen molar-refractivity contribution in [2.24, 2.45) is 0 Å². The van der Waals surface area contributed by atoms with Gasteiger partial charge < -0.3 is 10.2 Å². The van der Waals surface area contributed by atoms with Gasteiger partial charge in [-0.2, -0.15) is 0 Å². The third-order valence-corrected chi connectivity index (χ3v) is 0.135. The minimum atomic E-state index is -1.19. The van der Waals surface area contributed by atoms with Crippen LogP contribution in [-0.2, 0) is 4.79 Å². The van der Waals surface area contributed by atoms with Crippen LogP contribution in [0, 0.1) is 0 Å². The van der Waals surface area contributed by atoms with Crippen molar-refractivity contribution in [2.75, 3.05) is 6.61 Å². The summed E-state index contributed by atoms with van der Waals surface area (Å²) in [6, 6.07) is 0. The fourth-order valence-corrected chi connectivity index (χ4v) is 0. The summed E-state index contributed by atoms with van der Waals surface area (Å²) in [5, 5.41) is 15.0. The van der Waals surface area contributed by atoms with Crippen molar-refractivity contribution in [1.29, 1.82) is 0 Å². The lowest BCUT2D eigenvalue weighted by molar-refractivity contribution is -0.140. The predicted octanol–water partition coefficient (Wildman–Crippen LogP) is 1.45. The van der Waals surface area contributed by atoms with E-state index in [1.807, 2.05) is 13.8 Å². The number of carbonyl (C=O) groups is 1. The summed E-state index contributed by atoms with van der Waals surface area (Å²) in [6.45, 7) is 9.72. The van der Waals surface area contributed by atoms with Crippen molar-refractivity contribution in [3.05, 3.63) is 25.3 Å². The number of carboxylic acids is 1. The zero-order valence-corrected chi connectivity index (χ0v) is 7.08. The first-order chi connectivity index (χ1) is 5.10. The van der Waals surface area contributed by atoms with Gasteiger partial charge in [-0.15, -0.1) is 13.2 Å².